The van der Waals surface area contributed by atoms with Crippen LogP contribution in [-0.2, 0) is 0 Å². The van der Waals surface area contributed by atoms with E-state index in [-0.39, 0.29) is 0 Å². The van der Waals surface area contributed by atoms with E-state index in [1.807, 2.05) is 0 Å². The highest BCUT2D eigenvalue weighted by Crippen LogP contribution is 2.43. The highest BCUT2D eigenvalue weighted by atomic mass is 31.1. The molecule has 0 radical (unpaired) electrons. The predicted molar refractivity (Wildman–Crippen MR) is 101 cm³/mol. The van der Waals surface area contributed by atoms with Crippen LogP contribution in [0.1, 0.15) is 79.4 Å². The summed E-state index contributed by atoms with van der Waals surface area (Å²) in [6.07, 6.45) is 9.68. The van der Waals surface area contributed by atoms with E-state index < -0.39 is 7.92 Å². The molecule has 0 aliphatic carbocycles. The van der Waals surface area contributed by atoms with E-state index in [4.69, 9.17) is 0 Å². The van der Waals surface area contributed by atoms with Gasteiger partial charge in [0.15, 0.2) is 5.52 Å². The molecular weight excluding hydrogens is 287 g/mol. The molecular formula is C20H33OP. The molecule has 0 bridgehead atoms. The van der Waals surface area contributed by atoms with Gasteiger partial charge in [0, 0.05) is 5.56 Å². The lowest BCUT2D eigenvalue weighted by molar-refractivity contribution is 0.108. The third-order valence-corrected chi connectivity index (χ3v) is 6.75. The predicted octanol–water partition coefficient (Wildman–Crippen LogP) is 6.61. The zero-order valence-electron chi connectivity index (χ0n) is 15.2. The Bertz CT molecular complexity index is 456. The van der Waals surface area contributed by atoms with Gasteiger partial charge in [-0.25, -0.2) is 0 Å². The van der Waals surface area contributed by atoms with E-state index in [2.05, 4.69) is 46.8 Å². The summed E-state index contributed by atoms with van der Waals surface area (Å²) in [5.41, 5.74) is 5.06. The van der Waals surface area contributed by atoms with E-state index in [0.29, 0.717) is 5.52 Å². The Morgan fingerprint density at radius 1 is 0.864 bits per heavy atom. The summed E-state index contributed by atoms with van der Waals surface area (Å²) in [5.74, 6) is 0. The molecule has 0 amide bonds. The molecule has 0 saturated heterocycles. The number of benzene rings is 1. The molecule has 0 aliphatic rings. The van der Waals surface area contributed by atoms with Gasteiger partial charge in [0.2, 0.25) is 0 Å². The van der Waals surface area contributed by atoms with Crippen LogP contribution in [0.3, 0.4) is 0 Å². The third kappa shape index (κ3) is 5.84. The summed E-state index contributed by atoms with van der Waals surface area (Å²) in [6.45, 7) is 10.8. The number of carbonyl (C=O) groups excluding carboxylic acids is 1. The van der Waals surface area contributed by atoms with Gasteiger partial charge in [-0.1, -0.05) is 57.2 Å². The quantitative estimate of drug-likeness (QED) is 0.350. The average molecular weight is 320 g/mol. The number of hydrogen-bond donors (Lipinski definition) is 0. The zero-order chi connectivity index (χ0) is 16.5. The second kappa shape index (κ2) is 10.2. The molecule has 22 heavy (non-hydrogen) atoms. The van der Waals surface area contributed by atoms with Crippen molar-refractivity contribution in [2.75, 3.05) is 12.3 Å². The van der Waals surface area contributed by atoms with Gasteiger partial charge in [-0.15, -0.1) is 0 Å². The van der Waals surface area contributed by atoms with Gasteiger partial charge in [-0.2, -0.15) is 0 Å². The van der Waals surface area contributed by atoms with Crippen molar-refractivity contribution in [3.8, 4) is 0 Å². The Labute approximate surface area is 138 Å². The molecule has 1 unspecified atom stereocenters. The van der Waals surface area contributed by atoms with Gasteiger partial charge in [-0.05, 0) is 65.0 Å². The van der Waals surface area contributed by atoms with E-state index >= 15 is 0 Å². The van der Waals surface area contributed by atoms with Crippen molar-refractivity contribution in [1.82, 2.24) is 0 Å². The molecule has 0 saturated carbocycles. The van der Waals surface area contributed by atoms with Crippen LogP contribution in [0.25, 0.3) is 0 Å². The summed E-state index contributed by atoms with van der Waals surface area (Å²) in [6, 6.07) is 4.31. The molecule has 124 valence electrons. The Balaban J connectivity index is 2.86. The zero-order valence-corrected chi connectivity index (χ0v) is 16.1. The first-order valence-electron chi connectivity index (χ1n) is 8.88. The summed E-state index contributed by atoms with van der Waals surface area (Å²) in [4.78, 5) is 13.1. The van der Waals surface area contributed by atoms with Crippen LogP contribution in [0.2, 0.25) is 0 Å². The molecule has 0 aliphatic heterocycles. The minimum Gasteiger partial charge on any atom is -0.289 e. The maximum absolute atomic E-state index is 13.1. The van der Waals surface area contributed by atoms with Crippen molar-refractivity contribution < 1.29 is 4.79 Å². The Hall–Kier alpha value is -0.680. The van der Waals surface area contributed by atoms with Crippen LogP contribution in [0.4, 0.5) is 0 Å². The lowest BCUT2D eigenvalue weighted by Crippen LogP contribution is -2.08. The van der Waals surface area contributed by atoms with Crippen LogP contribution in [0.15, 0.2) is 12.1 Å². The van der Waals surface area contributed by atoms with E-state index in [1.54, 1.807) is 0 Å². The van der Waals surface area contributed by atoms with E-state index in [0.717, 1.165) is 17.9 Å². The normalized spacial score (nSPS) is 12.4. The van der Waals surface area contributed by atoms with Crippen LogP contribution < -0.4 is 0 Å². The van der Waals surface area contributed by atoms with Gasteiger partial charge in [0.05, 0.1) is 0 Å². The Morgan fingerprint density at radius 2 is 1.41 bits per heavy atom. The standard InChI is InChI=1S/C20H33OP/c1-6-8-10-11-13-22(12-9-7-2)20(21)19-17(4)14-16(3)15-18(19)5/h14-15H,6-13H2,1-5H3. The highest BCUT2D eigenvalue weighted by molar-refractivity contribution is 7.75. The molecule has 1 aromatic rings. The lowest BCUT2D eigenvalue weighted by atomic mass is 10.0. The first-order chi connectivity index (χ1) is 10.5. The fourth-order valence-corrected chi connectivity index (χ4v) is 5.67. The maximum atomic E-state index is 13.1. The van der Waals surface area contributed by atoms with E-state index in [1.165, 1.54) is 55.2 Å². The lowest BCUT2D eigenvalue weighted by Gasteiger charge is -2.19. The fourth-order valence-electron chi connectivity index (χ4n) is 3.07. The molecule has 1 nitrogen and oxygen atoms in total. The van der Waals surface area contributed by atoms with Gasteiger partial charge in [0.1, 0.15) is 0 Å². The molecule has 0 N–H and O–H groups in total. The summed E-state index contributed by atoms with van der Waals surface area (Å²) in [7, 11) is -0.502. The number of aryl methyl sites for hydroxylation is 3. The molecule has 1 rings (SSSR count). The smallest absolute Gasteiger partial charge is 0.184 e. The van der Waals surface area contributed by atoms with Crippen LogP contribution in [-0.4, -0.2) is 17.8 Å². The van der Waals surface area contributed by atoms with Crippen LogP contribution >= 0.6 is 7.92 Å². The summed E-state index contributed by atoms with van der Waals surface area (Å²) < 4.78 is 0. The van der Waals surface area contributed by atoms with Crippen molar-refractivity contribution in [1.29, 1.82) is 0 Å². The summed E-state index contributed by atoms with van der Waals surface area (Å²) in [5, 5.41) is 0. The van der Waals surface area contributed by atoms with Gasteiger partial charge in [-0.3, -0.25) is 4.79 Å². The maximum Gasteiger partial charge on any atom is 0.184 e. The molecule has 2 heteroatoms. The second-order valence-corrected chi connectivity index (χ2v) is 8.86. The molecule has 0 aromatic heterocycles. The SMILES string of the molecule is CCCCCCP(CCCC)C(=O)c1c(C)cc(C)cc1C. The summed E-state index contributed by atoms with van der Waals surface area (Å²) >= 11 is 0. The topological polar surface area (TPSA) is 17.1 Å². The number of rotatable bonds is 10. The Kier molecular flexibility index (Phi) is 8.95. The molecule has 1 atom stereocenters. The Morgan fingerprint density at radius 3 is 1.95 bits per heavy atom. The van der Waals surface area contributed by atoms with Crippen molar-refractivity contribution in [3.05, 3.63) is 34.4 Å². The number of carbonyl (C=O) groups is 1. The largest absolute Gasteiger partial charge is 0.289 e. The van der Waals surface area contributed by atoms with Gasteiger partial charge >= 0.3 is 0 Å². The second-order valence-electron chi connectivity index (χ2n) is 6.48. The van der Waals surface area contributed by atoms with Crippen molar-refractivity contribution in [2.24, 2.45) is 0 Å². The average Bonchev–Trinajstić information content (AvgIpc) is 2.45. The molecule has 0 fully saturated rings. The van der Waals surface area contributed by atoms with Crippen molar-refractivity contribution >= 4 is 13.4 Å². The number of unbranched alkanes of at least 4 members (excludes halogenated alkanes) is 4. The highest BCUT2D eigenvalue weighted by Gasteiger charge is 2.22. The van der Waals surface area contributed by atoms with Crippen molar-refractivity contribution in [3.63, 3.8) is 0 Å². The minimum atomic E-state index is -0.502. The van der Waals surface area contributed by atoms with Crippen LogP contribution in [0, 0.1) is 20.8 Å². The first-order valence-corrected chi connectivity index (χ1v) is 10.6. The molecule has 0 spiro atoms. The first kappa shape index (κ1) is 19.4. The van der Waals surface area contributed by atoms with Gasteiger partial charge in [0.25, 0.3) is 0 Å². The molecule has 0 heterocycles. The van der Waals surface area contributed by atoms with Gasteiger partial charge < -0.3 is 0 Å². The fraction of sp³-hybridized carbons (Fsp3) is 0.650. The third-order valence-electron chi connectivity index (χ3n) is 4.24. The van der Waals surface area contributed by atoms with Crippen molar-refractivity contribution in [2.45, 2.75) is 73.1 Å². The van der Waals surface area contributed by atoms with E-state index in [9.17, 15) is 4.79 Å². The van der Waals surface area contributed by atoms with Crippen LogP contribution in [0.5, 0.6) is 0 Å². The minimum absolute atomic E-state index is 0.454. The molecule has 1 aromatic carbocycles. The number of hydrogen-bond acceptors (Lipinski definition) is 1. The monoisotopic (exact) mass is 320 g/mol.